The van der Waals surface area contributed by atoms with Crippen LogP contribution in [-0.2, 0) is 11.3 Å². The molecule has 0 heterocycles. The summed E-state index contributed by atoms with van der Waals surface area (Å²) in [5, 5.41) is 10.9. The molecule has 7 heteroatoms. The van der Waals surface area contributed by atoms with E-state index in [1.165, 1.54) is 31.4 Å². The Morgan fingerprint density at radius 3 is 2.61 bits per heavy atom. The van der Waals surface area contributed by atoms with Gasteiger partial charge in [-0.3, -0.25) is 10.1 Å². The van der Waals surface area contributed by atoms with Crippen LogP contribution in [0.2, 0.25) is 0 Å². The van der Waals surface area contributed by atoms with E-state index in [0.717, 1.165) is 6.07 Å². The fourth-order valence-electron chi connectivity index (χ4n) is 1.96. The minimum atomic E-state index is -0.718. The van der Waals surface area contributed by atoms with E-state index in [1.54, 1.807) is 13.0 Å². The van der Waals surface area contributed by atoms with E-state index < -0.39 is 16.7 Å². The average molecular weight is 319 g/mol. The van der Waals surface area contributed by atoms with Crippen LogP contribution in [0.3, 0.4) is 0 Å². The summed E-state index contributed by atoms with van der Waals surface area (Å²) in [5.74, 6) is -1.19. The lowest BCUT2D eigenvalue weighted by molar-refractivity contribution is -0.385. The molecule has 120 valence electrons. The van der Waals surface area contributed by atoms with Gasteiger partial charge in [0.15, 0.2) is 11.6 Å². The zero-order valence-corrected chi connectivity index (χ0v) is 12.5. The molecule has 0 aromatic heterocycles. The molecule has 0 saturated heterocycles. The molecule has 0 N–H and O–H groups in total. The van der Waals surface area contributed by atoms with Gasteiger partial charge in [-0.2, -0.15) is 0 Å². The van der Waals surface area contributed by atoms with Gasteiger partial charge in [0.05, 0.1) is 17.6 Å². The number of hydrogen-bond donors (Lipinski definition) is 0. The van der Waals surface area contributed by atoms with Gasteiger partial charge in [-0.05, 0) is 30.7 Å². The number of carbonyl (C=O) groups excluding carboxylic acids is 1. The maximum Gasteiger partial charge on any atom is 0.338 e. The molecule has 0 fully saturated rings. The van der Waals surface area contributed by atoms with Crippen LogP contribution in [0.25, 0.3) is 0 Å². The van der Waals surface area contributed by atoms with E-state index >= 15 is 0 Å². The first kappa shape index (κ1) is 16.4. The summed E-state index contributed by atoms with van der Waals surface area (Å²) < 4.78 is 23.4. The molecule has 0 radical (unpaired) electrons. The van der Waals surface area contributed by atoms with Gasteiger partial charge in [0.1, 0.15) is 6.61 Å². The predicted molar refractivity (Wildman–Crippen MR) is 79.9 cm³/mol. The Kier molecular flexibility index (Phi) is 4.90. The lowest BCUT2D eigenvalue weighted by atomic mass is 10.1. The van der Waals surface area contributed by atoms with Crippen LogP contribution < -0.4 is 4.74 Å². The molecule has 0 saturated carbocycles. The number of rotatable bonds is 5. The summed E-state index contributed by atoms with van der Waals surface area (Å²) in [5.41, 5.74) is 0.799. The Bertz CT molecular complexity index is 760. The van der Waals surface area contributed by atoms with Gasteiger partial charge in [-0.25, -0.2) is 9.18 Å². The third-order valence-electron chi connectivity index (χ3n) is 3.23. The quantitative estimate of drug-likeness (QED) is 0.479. The summed E-state index contributed by atoms with van der Waals surface area (Å²) in [6, 6.07) is 8.26. The number of nitro benzene ring substituents is 1. The van der Waals surface area contributed by atoms with Gasteiger partial charge in [-0.15, -0.1) is 0 Å². The van der Waals surface area contributed by atoms with Crippen LogP contribution in [0.5, 0.6) is 5.75 Å². The molecule has 0 bridgehead atoms. The van der Waals surface area contributed by atoms with Crippen molar-refractivity contribution < 1.29 is 23.6 Å². The molecule has 0 spiro atoms. The van der Waals surface area contributed by atoms with E-state index in [4.69, 9.17) is 9.47 Å². The Labute approximate surface area is 131 Å². The summed E-state index contributed by atoms with van der Waals surface area (Å²) in [6.07, 6.45) is 0. The minimum Gasteiger partial charge on any atom is -0.494 e. The second-order valence-electron chi connectivity index (χ2n) is 4.80. The van der Waals surface area contributed by atoms with Crippen LogP contribution in [0.4, 0.5) is 10.1 Å². The molecule has 2 rings (SSSR count). The van der Waals surface area contributed by atoms with Gasteiger partial charge in [-0.1, -0.05) is 12.1 Å². The second kappa shape index (κ2) is 6.87. The maximum atomic E-state index is 13.5. The largest absolute Gasteiger partial charge is 0.494 e. The highest BCUT2D eigenvalue weighted by Gasteiger charge is 2.16. The van der Waals surface area contributed by atoms with Crippen LogP contribution in [0.15, 0.2) is 36.4 Å². The van der Waals surface area contributed by atoms with E-state index in [9.17, 15) is 19.3 Å². The molecule has 0 aliphatic heterocycles. The Hall–Kier alpha value is -2.96. The van der Waals surface area contributed by atoms with Crippen LogP contribution in [0, 0.1) is 22.9 Å². The SMILES string of the molecule is COc1ccc(COC(=O)c2ccc(C)c([N+](=O)[O-])c2)cc1F. The smallest absolute Gasteiger partial charge is 0.338 e. The fourth-order valence-corrected chi connectivity index (χ4v) is 1.96. The first-order valence-electron chi connectivity index (χ1n) is 6.67. The zero-order valence-electron chi connectivity index (χ0n) is 12.5. The first-order valence-corrected chi connectivity index (χ1v) is 6.67. The molecular weight excluding hydrogens is 305 g/mol. The summed E-state index contributed by atoms with van der Waals surface area (Å²) >= 11 is 0. The third kappa shape index (κ3) is 3.82. The fraction of sp³-hybridized carbons (Fsp3) is 0.188. The number of esters is 1. The maximum absolute atomic E-state index is 13.5. The molecule has 0 aliphatic rings. The highest BCUT2D eigenvalue weighted by Crippen LogP contribution is 2.21. The number of ether oxygens (including phenoxy) is 2. The number of nitro groups is 1. The van der Waals surface area contributed by atoms with Gasteiger partial charge < -0.3 is 9.47 Å². The van der Waals surface area contributed by atoms with E-state index in [2.05, 4.69) is 0 Å². The van der Waals surface area contributed by atoms with Gasteiger partial charge in [0, 0.05) is 11.6 Å². The monoisotopic (exact) mass is 319 g/mol. The van der Waals surface area contributed by atoms with Gasteiger partial charge in [0.25, 0.3) is 5.69 Å². The van der Waals surface area contributed by atoms with Crippen molar-refractivity contribution in [3.63, 3.8) is 0 Å². The number of methoxy groups -OCH3 is 1. The van der Waals surface area contributed by atoms with Crippen molar-refractivity contribution in [1.82, 2.24) is 0 Å². The molecule has 0 aliphatic carbocycles. The van der Waals surface area contributed by atoms with Crippen molar-refractivity contribution >= 4 is 11.7 Å². The van der Waals surface area contributed by atoms with Crippen molar-refractivity contribution in [2.24, 2.45) is 0 Å². The molecule has 0 unspecified atom stereocenters. The van der Waals surface area contributed by atoms with Crippen LogP contribution in [0.1, 0.15) is 21.5 Å². The summed E-state index contributed by atoms with van der Waals surface area (Å²) in [7, 11) is 1.35. The molecule has 0 atom stereocenters. The van der Waals surface area contributed by atoms with E-state index in [0.29, 0.717) is 11.1 Å². The molecular formula is C16H14FNO5. The minimum absolute atomic E-state index is 0.0660. The number of carbonyl (C=O) groups is 1. The van der Waals surface area contributed by atoms with E-state index in [-0.39, 0.29) is 23.6 Å². The topological polar surface area (TPSA) is 78.7 Å². The second-order valence-corrected chi connectivity index (χ2v) is 4.80. The van der Waals surface area contributed by atoms with Crippen LogP contribution in [-0.4, -0.2) is 18.0 Å². The Morgan fingerprint density at radius 1 is 1.26 bits per heavy atom. The normalized spacial score (nSPS) is 10.2. The highest BCUT2D eigenvalue weighted by atomic mass is 19.1. The lowest BCUT2D eigenvalue weighted by Gasteiger charge is -2.07. The number of hydrogen-bond acceptors (Lipinski definition) is 5. The Morgan fingerprint density at radius 2 is 2.00 bits per heavy atom. The molecule has 6 nitrogen and oxygen atoms in total. The van der Waals surface area contributed by atoms with Crippen LogP contribution >= 0.6 is 0 Å². The number of benzene rings is 2. The molecule has 2 aromatic carbocycles. The first-order chi connectivity index (χ1) is 10.9. The molecule has 2 aromatic rings. The summed E-state index contributed by atoms with van der Waals surface area (Å²) in [4.78, 5) is 22.3. The zero-order chi connectivity index (χ0) is 17.0. The van der Waals surface area contributed by atoms with E-state index in [1.807, 2.05) is 0 Å². The van der Waals surface area contributed by atoms with Crippen molar-refractivity contribution in [2.75, 3.05) is 7.11 Å². The molecule has 0 amide bonds. The van der Waals surface area contributed by atoms with Crippen molar-refractivity contribution in [3.8, 4) is 5.75 Å². The summed E-state index contributed by atoms with van der Waals surface area (Å²) in [6.45, 7) is 1.43. The highest BCUT2D eigenvalue weighted by molar-refractivity contribution is 5.90. The Balaban J connectivity index is 2.09. The number of aryl methyl sites for hydroxylation is 1. The lowest BCUT2D eigenvalue weighted by Crippen LogP contribution is -2.06. The third-order valence-corrected chi connectivity index (χ3v) is 3.23. The predicted octanol–water partition coefficient (Wildman–Crippen LogP) is 3.41. The number of halogens is 1. The number of nitrogens with zero attached hydrogens (tertiary/aromatic N) is 1. The van der Waals surface area contributed by atoms with Crippen molar-refractivity contribution in [2.45, 2.75) is 13.5 Å². The average Bonchev–Trinajstić information content (AvgIpc) is 2.52. The molecule has 23 heavy (non-hydrogen) atoms. The standard InChI is InChI=1S/C16H14FNO5/c1-10-3-5-12(8-14(10)18(20)21)16(19)23-9-11-4-6-15(22-2)13(17)7-11/h3-8H,9H2,1-2H3. The van der Waals surface area contributed by atoms with Gasteiger partial charge in [0.2, 0.25) is 0 Å². The van der Waals surface area contributed by atoms with Crippen molar-refractivity contribution in [3.05, 3.63) is 69.0 Å². The van der Waals surface area contributed by atoms with Crippen molar-refractivity contribution in [1.29, 1.82) is 0 Å². The van der Waals surface area contributed by atoms with Gasteiger partial charge >= 0.3 is 5.97 Å².